The first-order chi connectivity index (χ1) is 9.21. The van der Waals surface area contributed by atoms with E-state index >= 15 is 0 Å². The zero-order valence-electron chi connectivity index (χ0n) is 12.2. The standard InChI is InChI=1S/C14H22FN3O.HI/c1-4-16-14(17-5-2)18-9-11-6-7-13(15)12(8-11)10-19-3;/h6-8H,4-5,9-10H2,1-3H3,(H2,16,17,18);1H. The van der Waals surface area contributed by atoms with Gasteiger partial charge in [0.2, 0.25) is 0 Å². The van der Waals surface area contributed by atoms with Crippen molar-refractivity contribution in [2.24, 2.45) is 4.99 Å². The van der Waals surface area contributed by atoms with Crippen LogP contribution in [0, 0.1) is 5.82 Å². The SMILES string of the molecule is CCNC(=NCc1ccc(F)c(COC)c1)NCC.I. The van der Waals surface area contributed by atoms with Crippen molar-refractivity contribution in [3.63, 3.8) is 0 Å². The summed E-state index contributed by atoms with van der Waals surface area (Å²) in [5.41, 5.74) is 1.52. The van der Waals surface area contributed by atoms with Gasteiger partial charge in [0.1, 0.15) is 5.82 Å². The molecule has 0 aliphatic heterocycles. The normalized spacial score (nSPS) is 9.60. The van der Waals surface area contributed by atoms with E-state index in [1.807, 2.05) is 13.8 Å². The van der Waals surface area contributed by atoms with E-state index in [2.05, 4.69) is 15.6 Å². The second-order valence-electron chi connectivity index (χ2n) is 4.08. The largest absolute Gasteiger partial charge is 0.380 e. The van der Waals surface area contributed by atoms with Crippen LogP contribution in [0.2, 0.25) is 0 Å². The fraction of sp³-hybridized carbons (Fsp3) is 0.500. The number of rotatable bonds is 6. The van der Waals surface area contributed by atoms with Crippen LogP contribution in [0.4, 0.5) is 4.39 Å². The van der Waals surface area contributed by atoms with E-state index in [1.54, 1.807) is 19.2 Å². The summed E-state index contributed by atoms with van der Waals surface area (Å²) in [6.07, 6.45) is 0. The molecule has 0 bridgehead atoms. The van der Waals surface area contributed by atoms with Crippen molar-refractivity contribution >= 4 is 29.9 Å². The van der Waals surface area contributed by atoms with E-state index in [4.69, 9.17) is 4.74 Å². The molecule has 0 unspecified atom stereocenters. The van der Waals surface area contributed by atoms with Crippen molar-refractivity contribution in [1.82, 2.24) is 10.6 Å². The van der Waals surface area contributed by atoms with Gasteiger partial charge < -0.3 is 15.4 Å². The zero-order valence-corrected chi connectivity index (χ0v) is 14.5. The highest BCUT2D eigenvalue weighted by Gasteiger charge is 2.03. The smallest absolute Gasteiger partial charge is 0.191 e. The monoisotopic (exact) mass is 395 g/mol. The van der Waals surface area contributed by atoms with Gasteiger partial charge in [-0.25, -0.2) is 9.38 Å². The molecule has 2 N–H and O–H groups in total. The van der Waals surface area contributed by atoms with Crippen LogP contribution in [0.3, 0.4) is 0 Å². The highest BCUT2D eigenvalue weighted by molar-refractivity contribution is 14.0. The molecule has 0 heterocycles. The maximum atomic E-state index is 13.5. The van der Waals surface area contributed by atoms with Crippen LogP contribution in [0.1, 0.15) is 25.0 Å². The van der Waals surface area contributed by atoms with Gasteiger partial charge in [-0.15, -0.1) is 24.0 Å². The van der Waals surface area contributed by atoms with Gasteiger partial charge in [-0.1, -0.05) is 6.07 Å². The summed E-state index contributed by atoms with van der Waals surface area (Å²) in [6, 6.07) is 4.99. The Kier molecular flexibility index (Phi) is 10.4. The van der Waals surface area contributed by atoms with Crippen LogP contribution in [0.25, 0.3) is 0 Å². The second-order valence-corrected chi connectivity index (χ2v) is 4.08. The van der Waals surface area contributed by atoms with Gasteiger partial charge >= 0.3 is 0 Å². The molecule has 0 aromatic heterocycles. The zero-order chi connectivity index (χ0) is 14.1. The predicted molar refractivity (Wildman–Crippen MR) is 91.0 cm³/mol. The van der Waals surface area contributed by atoms with Crippen LogP contribution in [0.5, 0.6) is 0 Å². The first kappa shape index (κ1) is 19.1. The number of hydrogen-bond acceptors (Lipinski definition) is 2. The third kappa shape index (κ3) is 6.51. The number of nitrogens with one attached hydrogen (secondary N) is 2. The van der Waals surface area contributed by atoms with Gasteiger partial charge in [0.25, 0.3) is 0 Å². The van der Waals surface area contributed by atoms with Gasteiger partial charge in [-0.05, 0) is 31.5 Å². The van der Waals surface area contributed by atoms with Gasteiger partial charge in [-0.3, -0.25) is 0 Å². The predicted octanol–water partition coefficient (Wildman–Crippen LogP) is 2.67. The van der Waals surface area contributed by atoms with E-state index in [1.165, 1.54) is 6.07 Å². The van der Waals surface area contributed by atoms with Gasteiger partial charge in [-0.2, -0.15) is 0 Å². The Hall–Kier alpha value is -0.890. The first-order valence-corrected chi connectivity index (χ1v) is 6.49. The minimum absolute atomic E-state index is 0. The van der Waals surface area contributed by atoms with Crippen molar-refractivity contribution in [3.8, 4) is 0 Å². The minimum Gasteiger partial charge on any atom is -0.380 e. The number of aliphatic imine (C=N–C) groups is 1. The summed E-state index contributed by atoms with van der Waals surface area (Å²) in [4.78, 5) is 4.44. The molecule has 0 saturated carbocycles. The number of ether oxygens (including phenoxy) is 1. The van der Waals surface area contributed by atoms with E-state index in [9.17, 15) is 4.39 Å². The summed E-state index contributed by atoms with van der Waals surface area (Å²) < 4.78 is 18.4. The summed E-state index contributed by atoms with van der Waals surface area (Å²) in [7, 11) is 1.55. The third-order valence-electron chi connectivity index (χ3n) is 2.52. The highest BCUT2D eigenvalue weighted by atomic mass is 127. The molecule has 4 nitrogen and oxygen atoms in total. The molecule has 6 heteroatoms. The number of nitrogens with zero attached hydrogens (tertiary/aromatic N) is 1. The van der Waals surface area contributed by atoms with Gasteiger partial charge in [0, 0.05) is 25.8 Å². The molecule has 1 aromatic carbocycles. The summed E-state index contributed by atoms with van der Waals surface area (Å²) in [5.74, 6) is 0.524. The van der Waals surface area contributed by atoms with Crippen LogP contribution in [-0.4, -0.2) is 26.2 Å². The van der Waals surface area contributed by atoms with Gasteiger partial charge in [0.15, 0.2) is 5.96 Å². The lowest BCUT2D eigenvalue weighted by Gasteiger charge is -2.09. The molecule has 0 radical (unpaired) electrons. The van der Waals surface area contributed by atoms with E-state index < -0.39 is 0 Å². The Morgan fingerprint density at radius 3 is 2.45 bits per heavy atom. The van der Waals surface area contributed by atoms with E-state index in [0.29, 0.717) is 12.1 Å². The van der Waals surface area contributed by atoms with Crippen molar-refractivity contribution in [3.05, 3.63) is 35.1 Å². The van der Waals surface area contributed by atoms with Crippen molar-refractivity contribution in [2.75, 3.05) is 20.2 Å². The molecule has 0 spiro atoms. The van der Waals surface area contributed by atoms with Crippen molar-refractivity contribution in [2.45, 2.75) is 27.0 Å². The van der Waals surface area contributed by atoms with Crippen LogP contribution in [0.15, 0.2) is 23.2 Å². The Labute approximate surface area is 137 Å². The molecule has 0 aliphatic carbocycles. The fourth-order valence-corrected chi connectivity index (χ4v) is 1.67. The summed E-state index contributed by atoms with van der Waals surface area (Å²) in [6.45, 7) is 6.43. The van der Waals surface area contributed by atoms with E-state index in [0.717, 1.165) is 24.6 Å². The molecule has 0 amide bonds. The second kappa shape index (κ2) is 10.8. The Morgan fingerprint density at radius 2 is 1.90 bits per heavy atom. The molecule has 0 saturated heterocycles. The molecule has 114 valence electrons. The Bertz CT molecular complexity index is 419. The van der Waals surface area contributed by atoms with E-state index in [-0.39, 0.29) is 36.4 Å². The molecular weight excluding hydrogens is 372 g/mol. The van der Waals surface area contributed by atoms with Crippen molar-refractivity contribution in [1.29, 1.82) is 0 Å². The van der Waals surface area contributed by atoms with Crippen LogP contribution in [-0.2, 0) is 17.9 Å². The van der Waals surface area contributed by atoms with Crippen LogP contribution >= 0.6 is 24.0 Å². The fourth-order valence-electron chi connectivity index (χ4n) is 1.67. The molecular formula is C14H23FIN3O. The third-order valence-corrected chi connectivity index (χ3v) is 2.52. The lowest BCUT2D eigenvalue weighted by Crippen LogP contribution is -2.36. The lowest BCUT2D eigenvalue weighted by molar-refractivity contribution is 0.181. The maximum Gasteiger partial charge on any atom is 0.191 e. The Morgan fingerprint density at radius 1 is 1.25 bits per heavy atom. The molecule has 1 aromatic rings. The number of hydrogen-bond donors (Lipinski definition) is 2. The number of halogens is 2. The molecule has 0 atom stereocenters. The summed E-state index contributed by atoms with van der Waals surface area (Å²) >= 11 is 0. The number of methoxy groups -OCH3 is 1. The maximum absolute atomic E-state index is 13.5. The average Bonchev–Trinajstić information content (AvgIpc) is 2.40. The molecule has 20 heavy (non-hydrogen) atoms. The summed E-state index contributed by atoms with van der Waals surface area (Å²) in [5, 5.41) is 6.29. The number of benzene rings is 1. The highest BCUT2D eigenvalue weighted by Crippen LogP contribution is 2.12. The minimum atomic E-state index is -0.242. The average molecular weight is 395 g/mol. The molecule has 0 aliphatic rings. The topological polar surface area (TPSA) is 45.7 Å². The molecule has 0 fully saturated rings. The first-order valence-electron chi connectivity index (χ1n) is 6.49. The Balaban J connectivity index is 0.00000361. The quantitative estimate of drug-likeness (QED) is 0.442. The van der Waals surface area contributed by atoms with Crippen molar-refractivity contribution < 1.29 is 9.13 Å². The lowest BCUT2D eigenvalue weighted by atomic mass is 10.1. The molecule has 1 rings (SSSR count). The van der Waals surface area contributed by atoms with Crippen LogP contribution < -0.4 is 10.6 Å². The van der Waals surface area contributed by atoms with Gasteiger partial charge in [0.05, 0.1) is 13.2 Å². The number of guanidine groups is 1.